The highest BCUT2D eigenvalue weighted by Crippen LogP contribution is 2.40. The van der Waals surface area contributed by atoms with E-state index in [0.29, 0.717) is 17.9 Å². The van der Waals surface area contributed by atoms with Crippen molar-refractivity contribution in [3.05, 3.63) is 71.0 Å². The SMILES string of the molecule is O=C(c1cccc(F)c1)N1CCS[C@@H]1c1cccc(C(F)(F)F)c1. The summed E-state index contributed by atoms with van der Waals surface area (Å²) in [4.78, 5) is 14.1. The van der Waals surface area contributed by atoms with E-state index in [1.807, 2.05) is 0 Å². The third-order valence-corrected chi connectivity index (χ3v) is 4.98. The van der Waals surface area contributed by atoms with Gasteiger partial charge in [-0.2, -0.15) is 13.2 Å². The second-order valence-corrected chi connectivity index (χ2v) is 6.54. The molecule has 1 heterocycles. The topological polar surface area (TPSA) is 20.3 Å². The van der Waals surface area contributed by atoms with Gasteiger partial charge >= 0.3 is 6.18 Å². The van der Waals surface area contributed by atoms with E-state index in [9.17, 15) is 22.4 Å². The standard InChI is InChI=1S/C17H13F4NOS/c18-14-6-2-3-11(10-14)15(23)22-7-8-24-16(22)12-4-1-5-13(9-12)17(19,20)21/h1-6,9-10,16H,7-8H2/t16-/m1/s1. The Morgan fingerprint density at radius 3 is 2.58 bits per heavy atom. The second kappa shape index (κ2) is 6.47. The van der Waals surface area contributed by atoms with E-state index in [2.05, 4.69) is 0 Å². The lowest BCUT2D eigenvalue weighted by Crippen LogP contribution is -2.30. The number of nitrogens with zero attached hydrogens (tertiary/aromatic N) is 1. The summed E-state index contributed by atoms with van der Waals surface area (Å²) in [5, 5.41) is -0.511. The normalized spacial score (nSPS) is 18.0. The first-order chi connectivity index (χ1) is 11.4. The summed E-state index contributed by atoms with van der Waals surface area (Å²) < 4.78 is 52.0. The fourth-order valence-electron chi connectivity index (χ4n) is 2.61. The summed E-state index contributed by atoms with van der Waals surface area (Å²) in [6.07, 6.45) is -4.43. The van der Waals surface area contributed by atoms with Crippen LogP contribution in [0, 0.1) is 5.82 Å². The van der Waals surface area contributed by atoms with Crippen LogP contribution < -0.4 is 0 Å². The summed E-state index contributed by atoms with van der Waals surface area (Å²) in [6.45, 7) is 0.404. The highest BCUT2D eigenvalue weighted by molar-refractivity contribution is 7.99. The van der Waals surface area contributed by atoms with Crippen LogP contribution in [0.25, 0.3) is 0 Å². The van der Waals surface area contributed by atoms with Gasteiger partial charge in [0.1, 0.15) is 11.2 Å². The Kier molecular flexibility index (Phi) is 4.54. The predicted octanol–water partition coefficient (Wildman–Crippen LogP) is 4.73. The minimum Gasteiger partial charge on any atom is -0.322 e. The van der Waals surface area contributed by atoms with Crippen molar-refractivity contribution >= 4 is 17.7 Å². The van der Waals surface area contributed by atoms with Gasteiger partial charge in [0, 0.05) is 17.9 Å². The first kappa shape index (κ1) is 16.8. The molecule has 3 rings (SSSR count). The van der Waals surface area contributed by atoms with Crippen LogP contribution in [-0.2, 0) is 6.18 Å². The van der Waals surface area contributed by atoms with E-state index in [4.69, 9.17) is 0 Å². The van der Waals surface area contributed by atoms with Crippen molar-refractivity contribution < 1.29 is 22.4 Å². The quantitative estimate of drug-likeness (QED) is 0.726. The number of amides is 1. The van der Waals surface area contributed by atoms with Crippen LogP contribution >= 0.6 is 11.8 Å². The molecule has 126 valence electrons. The van der Waals surface area contributed by atoms with Crippen molar-refractivity contribution in [2.75, 3.05) is 12.3 Å². The van der Waals surface area contributed by atoms with Crippen molar-refractivity contribution in [1.29, 1.82) is 0 Å². The van der Waals surface area contributed by atoms with E-state index in [1.165, 1.54) is 40.9 Å². The average molecular weight is 355 g/mol. The molecule has 1 aliphatic heterocycles. The summed E-state index contributed by atoms with van der Waals surface area (Å²) in [5.41, 5.74) is -0.141. The molecule has 1 saturated heterocycles. The van der Waals surface area contributed by atoms with Gasteiger partial charge in [-0.25, -0.2) is 4.39 Å². The van der Waals surface area contributed by atoms with Gasteiger partial charge < -0.3 is 4.90 Å². The molecule has 24 heavy (non-hydrogen) atoms. The minimum atomic E-state index is -4.43. The zero-order chi connectivity index (χ0) is 17.3. The van der Waals surface area contributed by atoms with Crippen molar-refractivity contribution in [2.24, 2.45) is 0 Å². The van der Waals surface area contributed by atoms with E-state index < -0.39 is 22.9 Å². The van der Waals surface area contributed by atoms with Crippen LogP contribution in [0.5, 0.6) is 0 Å². The molecule has 0 aromatic heterocycles. The van der Waals surface area contributed by atoms with Gasteiger partial charge in [-0.05, 0) is 35.9 Å². The van der Waals surface area contributed by atoms with Crippen molar-refractivity contribution in [2.45, 2.75) is 11.6 Å². The molecular formula is C17H13F4NOS. The number of halogens is 4. The lowest BCUT2D eigenvalue weighted by molar-refractivity contribution is -0.137. The molecule has 2 aromatic rings. The Hall–Kier alpha value is -2.02. The Labute approximate surface area is 140 Å². The van der Waals surface area contributed by atoms with E-state index >= 15 is 0 Å². The zero-order valence-electron chi connectivity index (χ0n) is 12.4. The number of rotatable bonds is 2. The van der Waals surface area contributed by atoms with Crippen LogP contribution in [0.15, 0.2) is 48.5 Å². The van der Waals surface area contributed by atoms with Crippen molar-refractivity contribution in [3.63, 3.8) is 0 Å². The molecule has 1 amide bonds. The molecule has 7 heteroatoms. The zero-order valence-corrected chi connectivity index (χ0v) is 13.2. The lowest BCUT2D eigenvalue weighted by Gasteiger charge is -2.25. The van der Waals surface area contributed by atoms with Gasteiger partial charge in [0.25, 0.3) is 5.91 Å². The number of carbonyl (C=O) groups excluding carboxylic acids is 1. The van der Waals surface area contributed by atoms with Crippen LogP contribution in [0.4, 0.5) is 17.6 Å². The molecule has 0 saturated carbocycles. The smallest absolute Gasteiger partial charge is 0.322 e. The first-order valence-corrected chi connectivity index (χ1v) is 8.26. The van der Waals surface area contributed by atoms with Gasteiger partial charge in [-0.15, -0.1) is 11.8 Å². The number of hydrogen-bond acceptors (Lipinski definition) is 2. The molecule has 1 fully saturated rings. The van der Waals surface area contributed by atoms with Gasteiger partial charge in [0.05, 0.1) is 5.56 Å². The molecule has 0 aliphatic carbocycles. The molecule has 0 bridgehead atoms. The molecular weight excluding hydrogens is 342 g/mol. The van der Waals surface area contributed by atoms with Gasteiger partial charge in [0.15, 0.2) is 0 Å². The van der Waals surface area contributed by atoms with E-state index in [1.54, 1.807) is 6.07 Å². The van der Waals surface area contributed by atoms with Crippen LogP contribution in [-0.4, -0.2) is 23.1 Å². The third kappa shape index (κ3) is 3.40. The fourth-order valence-corrected chi connectivity index (χ4v) is 3.86. The van der Waals surface area contributed by atoms with E-state index in [-0.39, 0.29) is 11.5 Å². The van der Waals surface area contributed by atoms with Gasteiger partial charge in [0.2, 0.25) is 0 Å². The number of alkyl halides is 3. The minimum absolute atomic E-state index is 0.189. The summed E-state index contributed by atoms with van der Waals surface area (Å²) in [6, 6.07) is 10.3. The first-order valence-electron chi connectivity index (χ1n) is 7.21. The second-order valence-electron chi connectivity index (χ2n) is 5.36. The summed E-state index contributed by atoms with van der Waals surface area (Å²) in [7, 11) is 0. The lowest BCUT2D eigenvalue weighted by atomic mass is 10.1. The monoisotopic (exact) mass is 355 g/mol. The Morgan fingerprint density at radius 2 is 1.88 bits per heavy atom. The molecule has 1 aliphatic rings. The maximum atomic E-state index is 13.3. The molecule has 0 spiro atoms. The Balaban J connectivity index is 1.90. The summed E-state index contributed by atoms with van der Waals surface area (Å²) >= 11 is 1.39. The number of thioether (sulfide) groups is 1. The molecule has 2 aromatic carbocycles. The maximum absolute atomic E-state index is 13.3. The Bertz CT molecular complexity index is 762. The van der Waals surface area contributed by atoms with Crippen molar-refractivity contribution in [1.82, 2.24) is 4.90 Å². The highest BCUT2D eigenvalue weighted by atomic mass is 32.2. The number of carbonyl (C=O) groups is 1. The third-order valence-electron chi connectivity index (χ3n) is 3.72. The molecule has 0 radical (unpaired) electrons. The molecule has 0 unspecified atom stereocenters. The molecule has 1 atom stereocenters. The van der Waals surface area contributed by atoms with Crippen LogP contribution in [0.3, 0.4) is 0 Å². The number of hydrogen-bond donors (Lipinski definition) is 0. The average Bonchev–Trinajstić information content (AvgIpc) is 3.03. The molecule has 0 N–H and O–H groups in total. The summed E-state index contributed by atoms with van der Waals surface area (Å²) in [5.74, 6) is -0.299. The van der Waals surface area contributed by atoms with Gasteiger partial charge in [-0.1, -0.05) is 18.2 Å². The fraction of sp³-hybridized carbons (Fsp3) is 0.235. The highest BCUT2D eigenvalue weighted by Gasteiger charge is 2.34. The Morgan fingerprint density at radius 1 is 1.12 bits per heavy atom. The predicted molar refractivity (Wildman–Crippen MR) is 84.1 cm³/mol. The van der Waals surface area contributed by atoms with Crippen molar-refractivity contribution in [3.8, 4) is 0 Å². The maximum Gasteiger partial charge on any atom is 0.416 e. The molecule has 2 nitrogen and oxygen atoms in total. The van der Waals surface area contributed by atoms with Crippen LogP contribution in [0.2, 0.25) is 0 Å². The largest absolute Gasteiger partial charge is 0.416 e. The van der Waals surface area contributed by atoms with Gasteiger partial charge in [-0.3, -0.25) is 4.79 Å². The van der Waals surface area contributed by atoms with Crippen LogP contribution in [0.1, 0.15) is 26.9 Å². The van der Waals surface area contributed by atoms with E-state index in [0.717, 1.165) is 18.2 Å². The number of benzene rings is 2.